The van der Waals surface area contributed by atoms with Crippen LogP contribution in [0.2, 0.25) is 0 Å². The summed E-state index contributed by atoms with van der Waals surface area (Å²) in [5, 5.41) is 7.70. The Labute approximate surface area is 230 Å². The van der Waals surface area contributed by atoms with E-state index in [1.807, 2.05) is 41.4 Å². The Morgan fingerprint density at radius 3 is 2.64 bits per heavy atom. The normalized spacial score (nSPS) is 14.4. The number of amides is 3. The average molecular weight is 566 g/mol. The second-order valence-electron chi connectivity index (χ2n) is 8.63. The van der Waals surface area contributed by atoms with Gasteiger partial charge in [0.25, 0.3) is 5.56 Å². The van der Waals surface area contributed by atoms with Gasteiger partial charge in [0.15, 0.2) is 16.7 Å². The van der Waals surface area contributed by atoms with E-state index in [4.69, 9.17) is 19.2 Å². The third-order valence-electron chi connectivity index (χ3n) is 6.06. The second kappa shape index (κ2) is 11.0. The van der Waals surface area contributed by atoms with Gasteiger partial charge in [-0.1, -0.05) is 42.1 Å². The fourth-order valence-corrected chi connectivity index (χ4v) is 6.12. The van der Waals surface area contributed by atoms with Crippen LogP contribution in [-0.4, -0.2) is 60.4 Å². The predicted molar refractivity (Wildman–Crippen MR) is 149 cm³/mol. The Hall–Kier alpha value is -4.07. The van der Waals surface area contributed by atoms with Crippen LogP contribution in [0.3, 0.4) is 0 Å². The van der Waals surface area contributed by atoms with E-state index in [1.54, 1.807) is 18.2 Å². The first-order valence-electron chi connectivity index (χ1n) is 12.1. The molecule has 0 saturated carbocycles. The van der Waals surface area contributed by atoms with Crippen LogP contribution < -0.4 is 30.7 Å². The second-order valence-corrected chi connectivity index (χ2v) is 10.6. The highest BCUT2D eigenvalue weighted by Crippen LogP contribution is 2.34. The summed E-state index contributed by atoms with van der Waals surface area (Å²) in [4.78, 5) is 45.0. The Bertz CT molecular complexity index is 1600. The van der Waals surface area contributed by atoms with E-state index in [0.29, 0.717) is 58.9 Å². The van der Waals surface area contributed by atoms with E-state index in [0.717, 1.165) is 22.2 Å². The van der Waals surface area contributed by atoms with E-state index in [9.17, 15) is 14.4 Å². The van der Waals surface area contributed by atoms with Crippen LogP contribution in [0.4, 0.5) is 10.5 Å². The summed E-state index contributed by atoms with van der Waals surface area (Å²) in [6.07, 6.45) is 0. The molecule has 0 bridgehead atoms. The van der Waals surface area contributed by atoms with Gasteiger partial charge >= 0.3 is 6.03 Å². The van der Waals surface area contributed by atoms with Crippen molar-refractivity contribution in [3.05, 3.63) is 65.0 Å². The molecule has 39 heavy (non-hydrogen) atoms. The lowest BCUT2D eigenvalue weighted by Crippen LogP contribution is -2.49. The van der Waals surface area contributed by atoms with Gasteiger partial charge in [0.1, 0.15) is 4.83 Å². The first-order chi connectivity index (χ1) is 19.0. The Morgan fingerprint density at radius 1 is 1.03 bits per heavy atom. The van der Waals surface area contributed by atoms with Gasteiger partial charge in [0.05, 0.1) is 37.4 Å². The molecule has 2 aliphatic rings. The number of hydrogen-bond donors (Lipinski definition) is 2. The van der Waals surface area contributed by atoms with Crippen LogP contribution in [0, 0.1) is 0 Å². The summed E-state index contributed by atoms with van der Waals surface area (Å²) < 4.78 is 17.6. The standard InChI is InChI=1S/C26H23N5O6S2/c32-22(28-25(34)27-17-6-7-19-20(12-17)37-15-36-19)14-38-26-29-23-18(13-21(39-23)16-4-2-1-3-5-16)24(33)31(26)30-8-10-35-11-9-30/h1-7,12-13H,8-11,14-15H2,(H2,27,28,32,34). The molecule has 2 N–H and O–H groups in total. The van der Waals surface area contributed by atoms with Crippen molar-refractivity contribution in [1.82, 2.24) is 15.0 Å². The third-order valence-corrected chi connectivity index (χ3v) is 8.06. The van der Waals surface area contributed by atoms with Gasteiger partial charge in [0.2, 0.25) is 12.7 Å². The molecule has 11 nitrogen and oxygen atoms in total. The molecule has 2 aromatic heterocycles. The Morgan fingerprint density at radius 2 is 1.82 bits per heavy atom. The molecular weight excluding hydrogens is 542 g/mol. The van der Waals surface area contributed by atoms with Crippen LogP contribution in [0.25, 0.3) is 20.7 Å². The van der Waals surface area contributed by atoms with Crippen molar-refractivity contribution in [1.29, 1.82) is 0 Å². The van der Waals surface area contributed by atoms with Gasteiger partial charge in [-0.25, -0.2) is 9.78 Å². The highest BCUT2D eigenvalue weighted by Gasteiger charge is 2.22. The van der Waals surface area contributed by atoms with Crippen LogP contribution in [0.1, 0.15) is 0 Å². The molecule has 0 atom stereocenters. The lowest BCUT2D eigenvalue weighted by Gasteiger charge is -2.31. The number of nitrogens with zero attached hydrogens (tertiary/aromatic N) is 3. The predicted octanol–water partition coefficient (Wildman–Crippen LogP) is 3.26. The molecule has 2 aromatic carbocycles. The van der Waals surface area contributed by atoms with Crippen LogP contribution in [-0.2, 0) is 9.53 Å². The molecule has 0 radical (unpaired) electrons. The lowest BCUT2D eigenvalue weighted by atomic mass is 10.2. The maximum Gasteiger partial charge on any atom is 0.325 e. The molecule has 0 spiro atoms. The quantitative estimate of drug-likeness (QED) is 0.268. The third kappa shape index (κ3) is 5.41. The largest absolute Gasteiger partial charge is 0.454 e. The van der Waals surface area contributed by atoms with Gasteiger partial charge in [-0.3, -0.25) is 14.9 Å². The van der Waals surface area contributed by atoms with Gasteiger partial charge in [-0.2, -0.15) is 4.68 Å². The van der Waals surface area contributed by atoms with Crippen molar-refractivity contribution in [2.45, 2.75) is 5.16 Å². The fourth-order valence-electron chi connectivity index (χ4n) is 4.22. The maximum absolute atomic E-state index is 13.6. The molecule has 200 valence electrons. The molecule has 6 rings (SSSR count). The molecule has 0 unspecified atom stereocenters. The topological polar surface area (TPSA) is 124 Å². The van der Waals surface area contributed by atoms with Gasteiger partial charge in [-0.05, 0) is 23.8 Å². The summed E-state index contributed by atoms with van der Waals surface area (Å²) in [6.45, 7) is 2.11. The molecule has 2 aliphatic heterocycles. The molecule has 1 fully saturated rings. The minimum atomic E-state index is -0.681. The first kappa shape index (κ1) is 25.2. The SMILES string of the molecule is O=C(CSc1nc2sc(-c3ccccc3)cc2c(=O)n1N1CCOCC1)NC(=O)Nc1ccc2c(c1)OCO2. The molecule has 4 aromatic rings. The minimum absolute atomic E-state index is 0.117. The van der Waals surface area contributed by atoms with E-state index in [1.165, 1.54) is 16.0 Å². The Balaban J connectivity index is 1.20. The monoisotopic (exact) mass is 565 g/mol. The van der Waals surface area contributed by atoms with Crippen molar-refractivity contribution in [2.75, 3.05) is 49.2 Å². The highest BCUT2D eigenvalue weighted by molar-refractivity contribution is 7.99. The van der Waals surface area contributed by atoms with Crippen molar-refractivity contribution in [3.63, 3.8) is 0 Å². The van der Waals surface area contributed by atoms with Crippen LogP contribution in [0.15, 0.2) is 64.5 Å². The van der Waals surface area contributed by atoms with E-state index in [2.05, 4.69) is 10.6 Å². The summed E-state index contributed by atoms with van der Waals surface area (Å²) >= 11 is 2.52. The number of morpholine rings is 1. The number of urea groups is 1. The number of nitrogens with one attached hydrogen (secondary N) is 2. The van der Waals surface area contributed by atoms with E-state index < -0.39 is 11.9 Å². The molecule has 0 aliphatic carbocycles. The number of aromatic nitrogens is 2. The smallest absolute Gasteiger partial charge is 0.325 e. The van der Waals surface area contributed by atoms with Crippen molar-refractivity contribution in [2.24, 2.45) is 0 Å². The lowest BCUT2D eigenvalue weighted by molar-refractivity contribution is -0.117. The molecule has 13 heteroatoms. The molecule has 3 amide bonds. The number of ether oxygens (including phenoxy) is 3. The molecule has 4 heterocycles. The maximum atomic E-state index is 13.6. The number of rotatable bonds is 6. The molecule has 1 saturated heterocycles. The van der Waals surface area contributed by atoms with Crippen LogP contribution >= 0.6 is 23.1 Å². The average Bonchev–Trinajstić information content (AvgIpc) is 3.60. The number of carbonyl (C=O) groups is 2. The minimum Gasteiger partial charge on any atom is -0.454 e. The van der Waals surface area contributed by atoms with Crippen LogP contribution in [0.5, 0.6) is 11.5 Å². The summed E-state index contributed by atoms with van der Waals surface area (Å²) in [7, 11) is 0. The van der Waals surface area contributed by atoms with Crippen molar-refractivity contribution < 1.29 is 23.8 Å². The fraction of sp³-hybridized carbons (Fsp3) is 0.231. The zero-order valence-electron chi connectivity index (χ0n) is 20.5. The number of imide groups is 1. The summed E-state index contributed by atoms with van der Waals surface area (Å²) in [6, 6.07) is 15.9. The zero-order valence-corrected chi connectivity index (χ0v) is 22.2. The van der Waals surface area contributed by atoms with Gasteiger partial charge < -0.3 is 24.5 Å². The molecular formula is C26H23N5O6S2. The van der Waals surface area contributed by atoms with E-state index >= 15 is 0 Å². The first-order valence-corrected chi connectivity index (χ1v) is 13.9. The highest BCUT2D eigenvalue weighted by atomic mass is 32.2. The zero-order chi connectivity index (χ0) is 26.8. The Kier molecular flexibility index (Phi) is 7.09. The van der Waals surface area contributed by atoms with Crippen molar-refractivity contribution >= 4 is 50.9 Å². The summed E-state index contributed by atoms with van der Waals surface area (Å²) in [5.41, 5.74) is 1.25. The number of thioether (sulfide) groups is 1. The number of fused-ring (bicyclic) bond motifs is 2. The van der Waals surface area contributed by atoms with Crippen molar-refractivity contribution in [3.8, 4) is 21.9 Å². The summed E-state index contributed by atoms with van der Waals surface area (Å²) in [5.74, 6) is 0.456. The number of benzene rings is 2. The number of hydrogen-bond acceptors (Lipinski definition) is 10. The number of thiophene rings is 1. The van der Waals surface area contributed by atoms with E-state index in [-0.39, 0.29) is 18.1 Å². The van der Waals surface area contributed by atoms with Gasteiger partial charge in [-0.15, -0.1) is 11.3 Å². The number of anilines is 1. The number of carbonyl (C=O) groups excluding carboxylic acids is 2. The van der Waals surface area contributed by atoms with Gasteiger partial charge in [0, 0.05) is 16.6 Å².